The number of rotatable bonds is 2. The van der Waals surface area contributed by atoms with Gasteiger partial charge in [0.2, 0.25) is 5.91 Å². The predicted molar refractivity (Wildman–Crippen MR) is 84.9 cm³/mol. The molecular weight excluding hydrogens is 260 g/mol. The fourth-order valence-corrected chi connectivity index (χ4v) is 3.82. The summed E-state index contributed by atoms with van der Waals surface area (Å²) in [6.45, 7) is 5.19. The average Bonchev–Trinajstić information content (AvgIpc) is 3.10. The summed E-state index contributed by atoms with van der Waals surface area (Å²) >= 11 is 0. The Morgan fingerprint density at radius 3 is 2.67 bits per heavy atom. The lowest BCUT2D eigenvalue weighted by molar-refractivity contribution is -0.136. The first kappa shape index (κ1) is 14.6. The number of amides is 1. The molecule has 0 aromatic heterocycles. The van der Waals surface area contributed by atoms with Gasteiger partial charge in [0.25, 0.3) is 0 Å². The average molecular weight is 286 g/mol. The molecule has 1 saturated carbocycles. The van der Waals surface area contributed by atoms with E-state index >= 15 is 0 Å². The van der Waals surface area contributed by atoms with Gasteiger partial charge in [-0.2, -0.15) is 0 Å². The standard InChI is InChI=1S/C18H26N2O/c1-12-5-6-14(10-13(12)2)17-4-3-9-20(17)18(21)15-7-8-16(19)11-15/h5-6,10,15-17H,3-4,7-9,11,19H2,1-2H3/t15-,16-,17+/m1/s1. The van der Waals surface area contributed by atoms with Crippen LogP contribution in [0, 0.1) is 19.8 Å². The van der Waals surface area contributed by atoms with Gasteiger partial charge in [-0.1, -0.05) is 18.2 Å². The summed E-state index contributed by atoms with van der Waals surface area (Å²) in [5, 5.41) is 0. The van der Waals surface area contributed by atoms with Crippen molar-refractivity contribution >= 4 is 5.91 Å². The molecule has 0 radical (unpaired) electrons. The largest absolute Gasteiger partial charge is 0.335 e. The zero-order valence-corrected chi connectivity index (χ0v) is 13.1. The third-order valence-electron chi connectivity index (χ3n) is 5.27. The molecule has 0 bridgehead atoms. The number of hydrogen-bond acceptors (Lipinski definition) is 2. The number of aryl methyl sites for hydroxylation is 2. The van der Waals surface area contributed by atoms with Crippen molar-refractivity contribution in [1.29, 1.82) is 0 Å². The highest BCUT2D eigenvalue weighted by Gasteiger charge is 2.36. The van der Waals surface area contributed by atoms with Crippen molar-refractivity contribution in [2.75, 3.05) is 6.54 Å². The quantitative estimate of drug-likeness (QED) is 0.908. The Balaban J connectivity index is 1.78. The Hall–Kier alpha value is -1.35. The second-order valence-corrected chi connectivity index (χ2v) is 6.80. The molecule has 1 aliphatic carbocycles. The normalized spacial score (nSPS) is 29.1. The lowest BCUT2D eigenvalue weighted by Crippen LogP contribution is -2.35. The van der Waals surface area contributed by atoms with Crippen LogP contribution in [-0.4, -0.2) is 23.4 Å². The first-order chi connectivity index (χ1) is 10.1. The number of carbonyl (C=O) groups excluding carboxylic acids is 1. The van der Waals surface area contributed by atoms with Crippen LogP contribution in [0.25, 0.3) is 0 Å². The van der Waals surface area contributed by atoms with Crippen molar-refractivity contribution in [3.63, 3.8) is 0 Å². The Labute approximate surface area is 127 Å². The molecule has 1 aromatic carbocycles. The summed E-state index contributed by atoms with van der Waals surface area (Å²) in [6, 6.07) is 7.12. The van der Waals surface area contributed by atoms with Gasteiger partial charge in [0.1, 0.15) is 0 Å². The highest BCUT2D eigenvalue weighted by molar-refractivity contribution is 5.80. The summed E-state index contributed by atoms with van der Waals surface area (Å²) in [6.07, 6.45) is 5.04. The van der Waals surface area contributed by atoms with Gasteiger partial charge >= 0.3 is 0 Å². The van der Waals surface area contributed by atoms with Crippen LogP contribution < -0.4 is 5.73 Å². The molecule has 1 saturated heterocycles. The molecule has 2 N–H and O–H groups in total. The van der Waals surface area contributed by atoms with Crippen LogP contribution in [0.4, 0.5) is 0 Å². The van der Waals surface area contributed by atoms with Gasteiger partial charge in [-0.15, -0.1) is 0 Å². The van der Waals surface area contributed by atoms with E-state index < -0.39 is 0 Å². The van der Waals surface area contributed by atoms with Crippen molar-refractivity contribution in [2.24, 2.45) is 11.7 Å². The zero-order chi connectivity index (χ0) is 15.0. The maximum absolute atomic E-state index is 12.8. The molecule has 2 aliphatic rings. The van der Waals surface area contributed by atoms with Crippen LogP contribution in [0.5, 0.6) is 0 Å². The van der Waals surface area contributed by atoms with Gasteiger partial charge in [-0.3, -0.25) is 4.79 Å². The van der Waals surface area contributed by atoms with Crippen LogP contribution >= 0.6 is 0 Å². The van der Waals surface area contributed by atoms with E-state index in [0.29, 0.717) is 5.91 Å². The minimum atomic E-state index is 0.159. The van der Waals surface area contributed by atoms with Gasteiger partial charge < -0.3 is 10.6 Å². The van der Waals surface area contributed by atoms with Gasteiger partial charge in [0, 0.05) is 18.5 Å². The number of carbonyl (C=O) groups is 1. The minimum Gasteiger partial charge on any atom is -0.335 e. The minimum absolute atomic E-state index is 0.159. The van der Waals surface area contributed by atoms with Gasteiger partial charge in [0.15, 0.2) is 0 Å². The Morgan fingerprint density at radius 2 is 2.00 bits per heavy atom. The van der Waals surface area contributed by atoms with E-state index in [0.717, 1.165) is 38.6 Å². The van der Waals surface area contributed by atoms with Crippen LogP contribution in [0.2, 0.25) is 0 Å². The molecule has 1 aromatic rings. The summed E-state index contributed by atoms with van der Waals surface area (Å²) in [4.78, 5) is 14.9. The number of hydrogen-bond donors (Lipinski definition) is 1. The number of benzene rings is 1. The molecule has 3 heteroatoms. The molecular formula is C18H26N2O. The van der Waals surface area contributed by atoms with E-state index in [1.807, 2.05) is 0 Å². The van der Waals surface area contributed by atoms with Crippen molar-refractivity contribution in [1.82, 2.24) is 4.90 Å². The van der Waals surface area contributed by atoms with Crippen LogP contribution in [0.15, 0.2) is 18.2 Å². The smallest absolute Gasteiger partial charge is 0.226 e. The Morgan fingerprint density at radius 1 is 1.19 bits per heavy atom. The predicted octanol–water partition coefficient (Wildman–Crippen LogP) is 3.09. The third kappa shape index (κ3) is 2.84. The highest BCUT2D eigenvalue weighted by atomic mass is 16.2. The van der Waals surface area contributed by atoms with Gasteiger partial charge in [-0.25, -0.2) is 0 Å². The summed E-state index contributed by atoms with van der Waals surface area (Å²) in [7, 11) is 0. The van der Waals surface area contributed by atoms with E-state index in [1.54, 1.807) is 0 Å². The lowest BCUT2D eigenvalue weighted by Gasteiger charge is -2.28. The highest BCUT2D eigenvalue weighted by Crippen LogP contribution is 2.36. The summed E-state index contributed by atoms with van der Waals surface area (Å²) in [5.74, 6) is 0.496. The molecule has 0 spiro atoms. The van der Waals surface area contributed by atoms with E-state index in [4.69, 9.17) is 5.73 Å². The molecule has 114 valence electrons. The fraction of sp³-hybridized carbons (Fsp3) is 0.611. The second-order valence-electron chi connectivity index (χ2n) is 6.80. The van der Waals surface area contributed by atoms with Crippen LogP contribution in [-0.2, 0) is 4.79 Å². The first-order valence-electron chi connectivity index (χ1n) is 8.19. The van der Waals surface area contributed by atoms with Crippen molar-refractivity contribution in [2.45, 2.75) is 58.0 Å². The van der Waals surface area contributed by atoms with Crippen molar-refractivity contribution in [3.8, 4) is 0 Å². The maximum Gasteiger partial charge on any atom is 0.226 e. The molecule has 2 fully saturated rings. The van der Waals surface area contributed by atoms with E-state index in [9.17, 15) is 4.79 Å². The Bertz CT molecular complexity index is 540. The molecule has 1 aliphatic heterocycles. The van der Waals surface area contributed by atoms with Crippen LogP contribution in [0.1, 0.15) is 54.8 Å². The third-order valence-corrected chi connectivity index (χ3v) is 5.27. The topological polar surface area (TPSA) is 46.3 Å². The lowest BCUT2D eigenvalue weighted by atomic mass is 9.98. The monoisotopic (exact) mass is 286 g/mol. The number of nitrogens with zero attached hydrogens (tertiary/aromatic N) is 1. The van der Waals surface area contributed by atoms with Crippen LogP contribution in [0.3, 0.4) is 0 Å². The zero-order valence-electron chi connectivity index (χ0n) is 13.1. The second kappa shape index (κ2) is 5.80. The molecule has 21 heavy (non-hydrogen) atoms. The molecule has 3 rings (SSSR count). The molecule has 1 amide bonds. The maximum atomic E-state index is 12.8. The Kier molecular flexibility index (Phi) is 4.03. The summed E-state index contributed by atoms with van der Waals surface area (Å²) < 4.78 is 0. The number of nitrogens with two attached hydrogens (primary N) is 1. The summed E-state index contributed by atoms with van der Waals surface area (Å²) in [5.41, 5.74) is 9.90. The fourth-order valence-electron chi connectivity index (χ4n) is 3.82. The molecule has 0 unspecified atom stereocenters. The molecule has 3 nitrogen and oxygen atoms in total. The van der Waals surface area contributed by atoms with E-state index in [1.165, 1.54) is 16.7 Å². The van der Waals surface area contributed by atoms with Crippen molar-refractivity contribution in [3.05, 3.63) is 34.9 Å². The number of likely N-dealkylation sites (tertiary alicyclic amines) is 1. The van der Waals surface area contributed by atoms with Gasteiger partial charge in [0.05, 0.1) is 6.04 Å². The van der Waals surface area contributed by atoms with E-state index in [2.05, 4.69) is 36.9 Å². The van der Waals surface area contributed by atoms with Crippen molar-refractivity contribution < 1.29 is 4.79 Å². The molecule has 3 atom stereocenters. The van der Waals surface area contributed by atoms with Gasteiger partial charge in [-0.05, 0) is 62.6 Å². The molecule has 1 heterocycles. The SMILES string of the molecule is Cc1ccc([C@@H]2CCCN2C(=O)[C@@H]2CC[C@@H](N)C2)cc1C. The van der Waals surface area contributed by atoms with E-state index in [-0.39, 0.29) is 18.0 Å². The first-order valence-corrected chi connectivity index (χ1v) is 8.19.